The summed E-state index contributed by atoms with van der Waals surface area (Å²) in [5.74, 6) is -1.29. The van der Waals surface area contributed by atoms with Crippen molar-refractivity contribution in [3.8, 4) is 0 Å². The van der Waals surface area contributed by atoms with Gasteiger partial charge in [-0.2, -0.15) is 0 Å². The molecule has 0 heterocycles. The highest BCUT2D eigenvalue weighted by molar-refractivity contribution is 5.87. The average molecular weight is 321 g/mol. The average Bonchev–Trinajstić information content (AvgIpc) is 2.51. The number of hydrogen-bond donors (Lipinski definition) is 2. The van der Waals surface area contributed by atoms with Crippen LogP contribution in [0, 0.1) is 5.41 Å². The summed E-state index contributed by atoms with van der Waals surface area (Å²) in [6, 6.07) is 8.87. The lowest BCUT2D eigenvalue weighted by Crippen LogP contribution is -2.48. The highest BCUT2D eigenvalue weighted by Crippen LogP contribution is 2.18. The Balaban J connectivity index is 2.49. The second-order valence-electron chi connectivity index (χ2n) is 6.37. The molecule has 1 aromatic rings. The van der Waals surface area contributed by atoms with Gasteiger partial charge in [-0.05, 0) is 25.8 Å². The number of carbonyl (C=O) groups is 2. The molecule has 0 fully saturated rings. The standard InChI is InChI=1S/C18H27NO4/c1-4-5-11-15(16(20)21)19-17(22)18(2,3)13-23-12-14-9-7-6-8-10-14/h6-10,15H,4-5,11-13H2,1-3H3,(H,19,22)(H,20,21)/t15-/m0/s1. The van der Waals surface area contributed by atoms with Crippen molar-refractivity contribution < 1.29 is 19.4 Å². The zero-order valence-electron chi connectivity index (χ0n) is 14.2. The van der Waals surface area contributed by atoms with Gasteiger partial charge in [-0.15, -0.1) is 0 Å². The Morgan fingerprint density at radius 1 is 1.26 bits per heavy atom. The first-order valence-electron chi connectivity index (χ1n) is 8.02. The first-order valence-corrected chi connectivity index (χ1v) is 8.02. The lowest BCUT2D eigenvalue weighted by Gasteiger charge is -2.25. The topological polar surface area (TPSA) is 75.6 Å². The van der Waals surface area contributed by atoms with E-state index in [2.05, 4.69) is 5.32 Å². The Morgan fingerprint density at radius 2 is 1.91 bits per heavy atom. The maximum absolute atomic E-state index is 12.3. The van der Waals surface area contributed by atoms with Crippen LogP contribution >= 0.6 is 0 Å². The summed E-state index contributed by atoms with van der Waals surface area (Å²) < 4.78 is 5.62. The summed E-state index contributed by atoms with van der Waals surface area (Å²) in [5.41, 5.74) is 0.254. The first kappa shape index (κ1) is 19.2. The number of ether oxygens (including phenoxy) is 1. The number of amides is 1. The molecule has 0 radical (unpaired) electrons. The van der Waals surface area contributed by atoms with Crippen molar-refractivity contribution in [2.75, 3.05) is 6.61 Å². The molecular formula is C18H27NO4. The van der Waals surface area contributed by atoms with Gasteiger partial charge in [0.25, 0.3) is 0 Å². The van der Waals surface area contributed by atoms with Gasteiger partial charge >= 0.3 is 5.97 Å². The van der Waals surface area contributed by atoms with Crippen LogP contribution in [0.25, 0.3) is 0 Å². The molecule has 128 valence electrons. The fourth-order valence-corrected chi connectivity index (χ4v) is 2.08. The van der Waals surface area contributed by atoms with Crippen LogP contribution in [0.2, 0.25) is 0 Å². The van der Waals surface area contributed by atoms with E-state index in [0.29, 0.717) is 13.0 Å². The molecular weight excluding hydrogens is 294 g/mol. The Kier molecular flexibility index (Phi) is 7.75. The summed E-state index contributed by atoms with van der Waals surface area (Å²) >= 11 is 0. The third-order valence-corrected chi connectivity index (χ3v) is 3.64. The number of benzene rings is 1. The molecule has 0 aliphatic carbocycles. The van der Waals surface area contributed by atoms with Gasteiger partial charge in [0.1, 0.15) is 6.04 Å². The van der Waals surface area contributed by atoms with Crippen LogP contribution in [0.4, 0.5) is 0 Å². The number of unbranched alkanes of at least 4 members (excludes halogenated alkanes) is 1. The molecule has 23 heavy (non-hydrogen) atoms. The monoisotopic (exact) mass is 321 g/mol. The number of carbonyl (C=O) groups excluding carboxylic acids is 1. The van der Waals surface area contributed by atoms with Gasteiger partial charge in [-0.1, -0.05) is 50.1 Å². The number of carboxylic acids is 1. The highest BCUT2D eigenvalue weighted by Gasteiger charge is 2.31. The van der Waals surface area contributed by atoms with Crippen molar-refractivity contribution in [3.63, 3.8) is 0 Å². The summed E-state index contributed by atoms with van der Waals surface area (Å²) in [6.45, 7) is 6.16. The van der Waals surface area contributed by atoms with Crippen molar-refractivity contribution in [1.82, 2.24) is 5.32 Å². The zero-order valence-corrected chi connectivity index (χ0v) is 14.2. The molecule has 0 unspecified atom stereocenters. The van der Waals surface area contributed by atoms with E-state index in [1.54, 1.807) is 13.8 Å². The van der Waals surface area contributed by atoms with Crippen molar-refractivity contribution >= 4 is 11.9 Å². The summed E-state index contributed by atoms with van der Waals surface area (Å²) in [6.07, 6.45) is 2.10. The van der Waals surface area contributed by atoms with Gasteiger partial charge in [0.2, 0.25) is 5.91 Å². The van der Waals surface area contributed by atoms with Crippen LogP contribution in [0.15, 0.2) is 30.3 Å². The van der Waals surface area contributed by atoms with E-state index in [1.807, 2.05) is 37.3 Å². The molecule has 1 rings (SSSR count). The van der Waals surface area contributed by atoms with Crippen molar-refractivity contribution in [2.24, 2.45) is 5.41 Å². The molecule has 2 N–H and O–H groups in total. The van der Waals surface area contributed by atoms with Gasteiger partial charge in [-0.25, -0.2) is 4.79 Å². The number of aliphatic carboxylic acids is 1. The van der Waals surface area contributed by atoms with E-state index in [4.69, 9.17) is 4.74 Å². The second-order valence-corrected chi connectivity index (χ2v) is 6.37. The SMILES string of the molecule is CCCC[C@H](NC(=O)C(C)(C)COCc1ccccc1)C(=O)O. The molecule has 1 atom stereocenters. The molecule has 0 bridgehead atoms. The normalized spacial score (nSPS) is 12.7. The zero-order chi connectivity index (χ0) is 17.3. The Bertz CT molecular complexity index is 499. The van der Waals surface area contributed by atoms with Crippen LogP contribution < -0.4 is 5.32 Å². The minimum absolute atomic E-state index is 0.230. The molecule has 0 aliphatic heterocycles. The lowest BCUT2D eigenvalue weighted by molar-refractivity contribution is -0.144. The summed E-state index contributed by atoms with van der Waals surface area (Å²) in [5, 5.41) is 11.8. The summed E-state index contributed by atoms with van der Waals surface area (Å²) in [4.78, 5) is 23.6. The molecule has 0 saturated carbocycles. The van der Waals surface area contributed by atoms with E-state index in [1.165, 1.54) is 0 Å². The molecule has 0 aromatic heterocycles. The van der Waals surface area contributed by atoms with E-state index in [9.17, 15) is 14.7 Å². The fraction of sp³-hybridized carbons (Fsp3) is 0.556. The molecule has 1 aromatic carbocycles. The van der Waals surface area contributed by atoms with Gasteiger partial charge in [0, 0.05) is 0 Å². The smallest absolute Gasteiger partial charge is 0.326 e. The minimum Gasteiger partial charge on any atom is -0.480 e. The van der Waals surface area contributed by atoms with Crippen molar-refractivity contribution in [3.05, 3.63) is 35.9 Å². The van der Waals surface area contributed by atoms with Gasteiger partial charge in [0.15, 0.2) is 0 Å². The van der Waals surface area contributed by atoms with Crippen LogP contribution in [0.3, 0.4) is 0 Å². The molecule has 1 amide bonds. The predicted molar refractivity (Wildman–Crippen MR) is 89.0 cm³/mol. The van der Waals surface area contributed by atoms with Crippen LogP contribution in [0.1, 0.15) is 45.6 Å². The van der Waals surface area contributed by atoms with Crippen LogP contribution in [0.5, 0.6) is 0 Å². The first-order chi connectivity index (χ1) is 10.9. The molecule has 5 nitrogen and oxygen atoms in total. The molecule has 0 spiro atoms. The lowest BCUT2D eigenvalue weighted by atomic mass is 9.92. The third kappa shape index (κ3) is 6.82. The van der Waals surface area contributed by atoms with Crippen LogP contribution in [-0.4, -0.2) is 29.6 Å². The molecule has 0 aliphatic rings. The van der Waals surface area contributed by atoms with E-state index in [0.717, 1.165) is 18.4 Å². The third-order valence-electron chi connectivity index (χ3n) is 3.64. The Morgan fingerprint density at radius 3 is 2.48 bits per heavy atom. The van der Waals surface area contributed by atoms with Crippen molar-refractivity contribution in [1.29, 1.82) is 0 Å². The number of carboxylic acid groups (broad SMARTS) is 1. The van der Waals surface area contributed by atoms with E-state index in [-0.39, 0.29) is 12.5 Å². The number of rotatable bonds is 10. The Labute approximate surface area is 138 Å². The van der Waals surface area contributed by atoms with E-state index >= 15 is 0 Å². The highest BCUT2D eigenvalue weighted by atomic mass is 16.5. The largest absolute Gasteiger partial charge is 0.480 e. The fourth-order valence-electron chi connectivity index (χ4n) is 2.08. The number of hydrogen-bond acceptors (Lipinski definition) is 3. The molecule has 0 saturated heterocycles. The summed E-state index contributed by atoms with van der Waals surface area (Å²) in [7, 11) is 0. The second kappa shape index (κ2) is 9.30. The molecule has 5 heteroatoms. The Hall–Kier alpha value is -1.88. The maximum atomic E-state index is 12.3. The van der Waals surface area contributed by atoms with Gasteiger partial charge in [0.05, 0.1) is 18.6 Å². The quantitative estimate of drug-likeness (QED) is 0.694. The predicted octanol–water partition coefficient (Wildman–Crippen LogP) is 2.99. The minimum atomic E-state index is -0.993. The van der Waals surface area contributed by atoms with Crippen molar-refractivity contribution in [2.45, 2.75) is 52.7 Å². The van der Waals surface area contributed by atoms with Gasteiger partial charge < -0.3 is 15.2 Å². The van der Waals surface area contributed by atoms with Crippen LogP contribution in [-0.2, 0) is 20.9 Å². The van der Waals surface area contributed by atoms with Gasteiger partial charge in [-0.3, -0.25) is 4.79 Å². The van der Waals surface area contributed by atoms with E-state index < -0.39 is 17.4 Å². The number of nitrogens with one attached hydrogen (secondary N) is 1. The maximum Gasteiger partial charge on any atom is 0.326 e.